The lowest BCUT2D eigenvalue weighted by molar-refractivity contribution is -0.139. The van der Waals surface area contributed by atoms with E-state index in [1.165, 1.54) is 12.1 Å². The number of alkyl halides is 3. The van der Waals surface area contributed by atoms with Gasteiger partial charge in [-0.3, -0.25) is 0 Å². The molecule has 1 N–H and O–H groups in total. The van der Waals surface area contributed by atoms with Crippen molar-refractivity contribution in [1.29, 1.82) is 0 Å². The predicted molar refractivity (Wildman–Crippen MR) is 94.0 cm³/mol. The summed E-state index contributed by atoms with van der Waals surface area (Å²) in [5.74, 6) is 0. The number of benzene rings is 2. The Kier molecular flexibility index (Phi) is 6.80. The number of hydrogen-bond donors (Lipinski definition) is 1. The smallest absolute Gasteiger partial charge is 0.302 e. The highest BCUT2D eigenvalue weighted by molar-refractivity contribution is 7.89. The lowest BCUT2D eigenvalue weighted by atomic mass is 10.2. The molecule has 2 aromatic rings. The molecule has 0 saturated carbocycles. The summed E-state index contributed by atoms with van der Waals surface area (Å²) in [6.07, 6.45) is -4.24. The number of sulfonamides is 1. The molecule has 0 heterocycles. The Morgan fingerprint density at radius 2 is 1.62 bits per heavy atom. The summed E-state index contributed by atoms with van der Waals surface area (Å²) < 4.78 is 65.6. The monoisotopic (exact) mass is 386 g/mol. The molecular weight excluding hydrogens is 365 g/mol. The van der Waals surface area contributed by atoms with E-state index in [2.05, 4.69) is 4.72 Å². The predicted octanol–water partition coefficient (Wildman–Crippen LogP) is 3.51. The molecule has 8 heteroatoms. The molecule has 0 unspecified atom stereocenters. The molecule has 142 valence electrons. The Balaban J connectivity index is 1.89. The third kappa shape index (κ3) is 5.82. The van der Waals surface area contributed by atoms with Gasteiger partial charge in [0.25, 0.3) is 0 Å². The number of halogens is 3. The fourth-order valence-corrected chi connectivity index (χ4v) is 3.84. The Labute approximate surface area is 151 Å². The normalized spacial score (nSPS) is 12.5. The molecule has 0 aliphatic carbocycles. The minimum atomic E-state index is -4.72. The topological polar surface area (TPSA) is 49.4 Å². The first-order valence-electron chi connectivity index (χ1n) is 8.08. The van der Waals surface area contributed by atoms with Gasteiger partial charge in [-0.2, -0.15) is 13.2 Å². The molecule has 0 aliphatic heterocycles. The fraction of sp³-hybridized carbons (Fsp3) is 0.333. The highest BCUT2D eigenvalue weighted by Gasteiger charge is 2.36. The average molecular weight is 386 g/mol. The molecule has 2 rings (SSSR count). The van der Waals surface area contributed by atoms with E-state index in [0.29, 0.717) is 19.5 Å². The lowest BCUT2D eigenvalue weighted by Gasteiger charge is -2.17. The third-order valence-corrected chi connectivity index (χ3v) is 5.31. The van der Waals surface area contributed by atoms with Crippen LogP contribution in [0.3, 0.4) is 0 Å². The highest BCUT2D eigenvalue weighted by atomic mass is 32.2. The number of hydrogen-bond acceptors (Lipinski definition) is 3. The highest BCUT2D eigenvalue weighted by Crippen LogP contribution is 2.33. The van der Waals surface area contributed by atoms with Crippen molar-refractivity contribution >= 4 is 10.0 Å². The van der Waals surface area contributed by atoms with Gasteiger partial charge in [0.15, 0.2) is 0 Å². The number of rotatable bonds is 8. The van der Waals surface area contributed by atoms with Gasteiger partial charge in [-0.25, -0.2) is 13.1 Å². The molecule has 2 aromatic carbocycles. The second-order valence-corrected chi connectivity index (χ2v) is 7.70. The van der Waals surface area contributed by atoms with Crippen molar-refractivity contribution in [3.63, 3.8) is 0 Å². The summed E-state index contributed by atoms with van der Waals surface area (Å²) in [6, 6.07) is 14.0. The Morgan fingerprint density at radius 3 is 2.27 bits per heavy atom. The summed E-state index contributed by atoms with van der Waals surface area (Å²) >= 11 is 0. The molecule has 26 heavy (non-hydrogen) atoms. The van der Waals surface area contributed by atoms with E-state index in [4.69, 9.17) is 0 Å². The maximum atomic E-state index is 13.0. The molecular formula is C18H21F3N2O2S. The first-order chi connectivity index (χ1) is 12.2. The Hall–Kier alpha value is -1.90. The van der Waals surface area contributed by atoms with Crippen LogP contribution >= 0.6 is 0 Å². The van der Waals surface area contributed by atoms with Crippen LogP contribution in [0.4, 0.5) is 13.2 Å². The van der Waals surface area contributed by atoms with Gasteiger partial charge >= 0.3 is 6.18 Å². The van der Waals surface area contributed by atoms with E-state index in [-0.39, 0.29) is 6.54 Å². The van der Waals surface area contributed by atoms with Crippen LogP contribution < -0.4 is 4.72 Å². The first-order valence-corrected chi connectivity index (χ1v) is 9.57. The molecule has 0 aromatic heterocycles. The van der Waals surface area contributed by atoms with Crippen LogP contribution in [-0.2, 0) is 22.7 Å². The van der Waals surface area contributed by atoms with Crippen molar-refractivity contribution in [3.05, 3.63) is 65.7 Å². The molecule has 0 saturated heterocycles. The van der Waals surface area contributed by atoms with Crippen LogP contribution in [-0.4, -0.2) is 33.5 Å². The van der Waals surface area contributed by atoms with Crippen LogP contribution in [0.5, 0.6) is 0 Å². The molecule has 0 radical (unpaired) electrons. The summed E-state index contributed by atoms with van der Waals surface area (Å²) in [7, 11) is -2.32. The summed E-state index contributed by atoms with van der Waals surface area (Å²) in [4.78, 5) is 1.28. The minimum Gasteiger partial charge on any atom is -0.302 e. The van der Waals surface area contributed by atoms with Gasteiger partial charge in [0.2, 0.25) is 10.0 Å². The molecule has 0 atom stereocenters. The van der Waals surface area contributed by atoms with Crippen LogP contribution in [0, 0.1) is 0 Å². The quantitative estimate of drug-likeness (QED) is 0.707. The van der Waals surface area contributed by atoms with E-state index in [0.717, 1.165) is 17.7 Å². The maximum absolute atomic E-state index is 13.0. The fourth-order valence-electron chi connectivity index (χ4n) is 2.54. The molecule has 0 aliphatic rings. The van der Waals surface area contributed by atoms with E-state index in [9.17, 15) is 21.6 Å². The lowest BCUT2D eigenvalue weighted by Crippen LogP contribution is -2.29. The van der Waals surface area contributed by atoms with Gasteiger partial charge in [0, 0.05) is 13.1 Å². The van der Waals surface area contributed by atoms with E-state index in [1.807, 2.05) is 42.3 Å². The van der Waals surface area contributed by atoms with Gasteiger partial charge in [-0.05, 0) is 37.7 Å². The van der Waals surface area contributed by atoms with Crippen molar-refractivity contribution in [2.24, 2.45) is 0 Å². The molecule has 0 spiro atoms. The zero-order valence-corrected chi connectivity index (χ0v) is 15.1. The summed E-state index contributed by atoms with van der Waals surface area (Å²) in [5, 5.41) is 0. The van der Waals surface area contributed by atoms with E-state index in [1.54, 1.807) is 0 Å². The van der Waals surface area contributed by atoms with E-state index >= 15 is 0 Å². The van der Waals surface area contributed by atoms with Crippen LogP contribution in [0.2, 0.25) is 0 Å². The standard InChI is InChI=1S/C18H21F3N2O2S/c1-23(14-15-8-3-2-4-9-15)13-7-12-22-26(24,25)17-11-6-5-10-16(17)18(19,20)21/h2-6,8-11,22H,7,12-14H2,1H3. The van der Waals surface area contributed by atoms with Gasteiger partial charge in [0.05, 0.1) is 10.5 Å². The Morgan fingerprint density at radius 1 is 1.00 bits per heavy atom. The van der Waals surface area contributed by atoms with E-state index < -0.39 is 26.7 Å². The van der Waals surface area contributed by atoms with Gasteiger partial charge in [-0.15, -0.1) is 0 Å². The zero-order valence-electron chi connectivity index (χ0n) is 14.3. The Bertz CT molecular complexity index is 809. The first kappa shape index (κ1) is 20.4. The largest absolute Gasteiger partial charge is 0.417 e. The molecule has 0 fully saturated rings. The van der Waals surface area contributed by atoms with Gasteiger partial charge < -0.3 is 4.90 Å². The number of nitrogens with zero attached hydrogens (tertiary/aromatic N) is 1. The van der Waals surface area contributed by atoms with Crippen molar-refractivity contribution in [2.45, 2.75) is 24.0 Å². The third-order valence-electron chi connectivity index (χ3n) is 3.79. The second-order valence-electron chi connectivity index (χ2n) is 5.97. The molecule has 4 nitrogen and oxygen atoms in total. The van der Waals surface area contributed by atoms with Crippen LogP contribution in [0.25, 0.3) is 0 Å². The van der Waals surface area contributed by atoms with Crippen molar-refractivity contribution < 1.29 is 21.6 Å². The van der Waals surface area contributed by atoms with Gasteiger partial charge in [0.1, 0.15) is 0 Å². The summed E-state index contributed by atoms with van der Waals surface area (Å²) in [6.45, 7) is 1.39. The average Bonchev–Trinajstić information content (AvgIpc) is 2.59. The van der Waals surface area contributed by atoms with Crippen LogP contribution in [0.15, 0.2) is 59.5 Å². The zero-order chi connectivity index (χ0) is 19.2. The van der Waals surface area contributed by atoms with Crippen molar-refractivity contribution in [3.8, 4) is 0 Å². The summed E-state index contributed by atoms with van der Waals surface area (Å²) in [5.41, 5.74) is -0.0246. The maximum Gasteiger partial charge on any atom is 0.417 e. The van der Waals surface area contributed by atoms with Crippen molar-refractivity contribution in [2.75, 3.05) is 20.1 Å². The second kappa shape index (κ2) is 8.66. The van der Waals surface area contributed by atoms with Crippen molar-refractivity contribution in [1.82, 2.24) is 9.62 Å². The SMILES string of the molecule is CN(CCCNS(=O)(=O)c1ccccc1C(F)(F)F)Cc1ccccc1. The number of nitrogens with one attached hydrogen (secondary N) is 1. The molecule has 0 bridgehead atoms. The molecule has 0 amide bonds. The minimum absolute atomic E-state index is 0.0631. The van der Waals surface area contributed by atoms with Crippen LogP contribution in [0.1, 0.15) is 17.5 Å². The van der Waals surface area contributed by atoms with Gasteiger partial charge in [-0.1, -0.05) is 42.5 Å².